The van der Waals surface area contributed by atoms with Crippen molar-refractivity contribution in [2.75, 3.05) is 0 Å². The standard InChI is InChI=1S/C35H40O10/c1-31(2)21(36)11-13-23(38)32(3,4)25(40)15-17-27(42)34(7,8)29(44)19-20-30(45)35(9,10)28(43)18-16-26(41)33(5,6)24(39)14-12-22(31)37/h11-20H,1-10H3/b13-11+,14-12+,17-15+,18-16+,20-19+. The monoisotopic (exact) mass is 620 g/mol. The molecule has 10 heteroatoms. The summed E-state index contributed by atoms with van der Waals surface area (Å²) in [6.45, 7) is 12.7. The van der Waals surface area contributed by atoms with E-state index in [1.807, 2.05) is 0 Å². The molecule has 0 radical (unpaired) electrons. The fourth-order valence-electron chi connectivity index (χ4n) is 3.45. The summed E-state index contributed by atoms with van der Waals surface area (Å²) in [6.07, 6.45) is 8.41. The van der Waals surface area contributed by atoms with Crippen LogP contribution in [0.2, 0.25) is 0 Å². The maximum Gasteiger partial charge on any atom is 0.169 e. The van der Waals surface area contributed by atoms with Crippen molar-refractivity contribution < 1.29 is 47.9 Å². The third-order valence-corrected chi connectivity index (χ3v) is 8.09. The Balaban J connectivity index is 3.69. The molecular formula is C35H40O10. The highest BCUT2D eigenvalue weighted by molar-refractivity contribution is 6.24. The molecule has 10 nitrogen and oxygen atoms in total. The van der Waals surface area contributed by atoms with E-state index in [0.29, 0.717) is 0 Å². The molecule has 0 atom stereocenters. The third-order valence-electron chi connectivity index (χ3n) is 8.09. The number of ketones is 10. The predicted octanol–water partition coefficient (Wildman–Crippen LogP) is 3.60. The van der Waals surface area contributed by atoms with E-state index in [0.717, 1.165) is 60.8 Å². The lowest BCUT2D eigenvalue weighted by molar-refractivity contribution is -0.135. The van der Waals surface area contributed by atoms with Crippen molar-refractivity contribution in [3.8, 4) is 0 Å². The summed E-state index contributed by atoms with van der Waals surface area (Å²) in [7, 11) is 0. The zero-order chi connectivity index (χ0) is 35.3. The lowest BCUT2D eigenvalue weighted by atomic mass is 9.79. The first-order valence-corrected chi connectivity index (χ1v) is 14.1. The zero-order valence-corrected chi connectivity index (χ0v) is 27.4. The van der Waals surface area contributed by atoms with Crippen LogP contribution in [0.1, 0.15) is 69.2 Å². The van der Waals surface area contributed by atoms with Crippen molar-refractivity contribution in [3.05, 3.63) is 60.8 Å². The molecule has 0 aromatic heterocycles. The van der Waals surface area contributed by atoms with Gasteiger partial charge in [0.05, 0.1) is 27.1 Å². The summed E-state index contributed by atoms with van der Waals surface area (Å²) in [5, 5.41) is 0. The normalized spacial score (nSPS) is 26.9. The second-order valence-electron chi connectivity index (χ2n) is 13.4. The van der Waals surface area contributed by atoms with Crippen molar-refractivity contribution in [1.82, 2.24) is 0 Å². The van der Waals surface area contributed by atoms with E-state index >= 15 is 0 Å². The number of carbonyl (C=O) groups is 10. The van der Waals surface area contributed by atoms with Crippen molar-refractivity contribution in [1.29, 1.82) is 0 Å². The van der Waals surface area contributed by atoms with Gasteiger partial charge in [-0.3, -0.25) is 47.9 Å². The number of rotatable bonds is 0. The number of allylic oxidation sites excluding steroid dienone is 10. The van der Waals surface area contributed by atoms with Crippen LogP contribution in [0.25, 0.3) is 0 Å². The average Bonchev–Trinajstić information content (AvgIpc) is 2.96. The van der Waals surface area contributed by atoms with Crippen LogP contribution in [0.5, 0.6) is 0 Å². The smallest absolute Gasteiger partial charge is 0.169 e. The van der Waals surface area contributed by atoms with Crippen LogP contribution in [0.3, 0.4) is 0 Å². The molecule has 0 N–H and O–H groups in total. The molecule has 0 spiro atoms. The first-order valence-electron chi connectivity index (χ1n) is 14.1. The molecule has 0 heterocycles. The molecule has 0 aromatic carbocycles. The van der Waals surface area contributed by atoms with Crippen LogP contribution in [0, 0.1) is 27.1 Å². The van der Waals surface area contributed by atoms with Gasteiger partial charge in [-0.05, 0) is 130 Å². The minimum atomic E-state index is -1.73. The van der Waals surface area contributed by atoms with Crippen molar-refractivity contribution in [2.45, 2.75) is 69.2 Å². The summed E-state index contributed by atoms with van der Waals surface area (Å²) in [5.41, 5.74) is -8.66. The fourth-order valence-corrected chi connectivity index (χ4v) is 3.45. The first kappa shape index (κ1) is 38.4. The van der Waals surface area contributed by atoms with Gasteiger partial charge < -0.3 is 0 Å². The SMILES string of the molecule is CC1(C)C(=O)/C=C/C(=O)C(C)(C)C(=O)/C=C/C(=O)C(C)(C)C(=O)/C=C/C(=O)C(C)(C)C(=O)/C=C/C(=O)C(C)(C)C(=O)/C=C/C1=O. The van der Waals surface area contributed by atoms with Crippen LogP contribution in [-0.4, -0.2) is 57.8 Å². The summed E-state index contributed by atoms with van der Waals surface area (Å²) in [5.74, 6) is -8.06. The molecule has 0 bridgehead atoms. The lowest BCUT2D eigenvalue weighted by Gasteiger charge is -2.20. The highest BCUT2D eigenvalue weighted by Gasteiger charge is 2.39. The second-order valence-corrected chi connectivity index (χ2v) is 13.4. The molecule has 0 saturated heterocycles. The van der Waals surface area contributed by atoms with E-state index in [4.69, 9.17) is 0 Å². The second kappa shape index (κ2) is 13.6. The number of hydrogen-bond donors (Lipinski definition) is 0. The zero-order valence-electron chi connectivity index (χ0n) is 27.4. The maximum atomic E-state index is 12.9. The Bertz CT molecular complexity index is 1160. The van der Waals surface area contributed by atoms with Crippen molar-refractivity contribution in [3.63, 3.8) is 0 Å². The van der Waals surface area contributed by atoms with E-state index in [9.17, 15) is 47.9 Å². The summed E-state index contributed by atoms with van der Waals surface area (Å²) in [6, 6.07) is 0. The van der Waals surface area contributed by atoms with E-state index in [1.54, 1.807) is 0 Å². The molecule has 0 fully saturated rings. The topological polar surface area (TPSA) is 171 Å². The molecule has 1 aliphatic carbocycles. The van der Waals surface area contributed by atoms with Gasteiger partial charge in [-0.2, -0.15) is 0 Å². The molecule has 0 aromatic rings. The molecule has 1 aliphatic rings. The maximum absolute atomic E-state index is 12.9. The van der Waals surface area contributed by atoms with Gasteiger partial charge in [0, 0.05) is 0 Å². The van der Waals surface area contributed by atoms with Gasteiger partial charge in [-0.1, -0.05) is 0 Å². The average molecular weight is 621 g/mol. The fraction of sp³-hybridized carbons (Fsp3) is 0.429. The molecule has 240 valence electrons. The molecule has 0 unspecified atom stereocenters. The van der Waals surface area contributed by atoms with Gasteiger partial charge in [-0.25, -0.2) is 0 Å². The van der Waals surface area contributed by atoms with Crippen LogP contribution < -0.4 is 0 Å². The van der Waals surface area contributed by atoms with Crippen molar-refractivity contribution in [2.24, 2.45) is 27.1 Å². The summed E-state index contributed by atoms with van der Waals surface area (Å²) >= 11 is 0. The molecule has 45 heavy (non-hydrogen) atoms. The molecule has 0 aliphatic heterocycles. The minimum absolute atomic E-state index is 0.806. The van der Waals surface area contributed by atoms with E-state index in [2.05, 4.69) is 0 Å². The van der Waals surface area contributed by atoms with E-state index < -0.39 is 84.9 Å². The van der Waals surface area contributed by atoms with Gasteiger partial charge in [0.25, 0.3) is 0 Å². The quantitative estimate of drug-likeness (QED) is 0.365. The lowest BCUT2D eigenvalue weighted by Crippen LogP contribution is -2.34. The Labute approximate surface area is 262 Å². The summed E-state index contributed by atoms with van der Waals surface area (Å²) < 4.78 is 0. The predicted molar refractivity (Wildman–Crippen MR) is 165 cm³/mol. The van der Waals surface area contributed by atoms with Crippen LogP contribution in [0.4, 0.5) is 0 Å². The molecule has 0 amide bonds. The van der Waals surface area contributed by atoms with Gasteiger partial charge in [-0.15, -0.1) is 0 Å². The highest BCUT2D eigenvalue weighted by Crippen LogP contribution is 2.27. The van der Waals surface area contributed by atoms with Gasteiger partial charge in [0.1, 0.15) is 0 Å². The highest BCUT2D eigenvalue weighted by atomic mass is 16.2. The Hall–Kier alpha value is -4.60. The van der Waals surface area contributed by atoms with Gasteiger partial charge in [0.2, 0.25) is 0 Å². The molecule has 0 saturated carbocycles. The minimum Gasteiger partial charge on any atom is -0.294 e. The molecule has 1 rings (SSSR count). The first-order chi connectivity index (χ1) is 20.2. The van der Waals surface area contributed by atoms with Crippen LogP contribution in [-0.2, 0) is 47.9 Å². The Morgan fingerprint density at radius 2 is 0.289 bits per heavy atom. The van der Waals surface area contributed by atoms with Crippen molar-refractivity contribution >= 4 is 57.8 Å². The number of hydrogen-bond acceptors (Lipinski definition) is 10. The molecular weight excluding hydrogens is 580 g/mol. The Morgan fingerprint density at radius 3 is 0.356 bits per heavy atom. The van der Waals surface area contributed by atoms with Gasteiger partial charge >= 0.3 is 0 Å². The largest absolute Gasteiger partial charge is 0.294 e. The van der Waals surface area contributed by atoms with E-state index in [-0.39, 0.29) is 0 Å². The number of carbonyl (C=O) groups excluding carboxylic acids is 10. The van der Waals surface area contributed by atoms with E-state index in [1.165, 1.54) is 69.2 Å². The summed E-state index contributed by atoms with van der Waals surface area (Å²) in [4.78, 5) is 129. The van der Waals surface area contributed by atoms with Crippen LogP contribution in [0.15, 0.2) is 60.8 Å². The van der Waals surface area contributed by atoms with Crippen LogP contribution >= 0.6 is 0 Å². The Morgan fingerprint density at radius 1 is 0.222 bits per heavy atom. The van der Waals surface area contributed by atoms with Gasteiger partial charge in [0.15, 0.2) is 57.8 Å². The third kappa shape index (κ3) is 8.53. The Kier molecular flexibility index (Phi) is 11.6.